The number of Topliss-reactive ketones (excluding diaryl/α,β-unsaturated/α-hetero) is 1. The van der Waals surface area contributed by atoms with Crippen molar-refractivity contribution in [2.24, 2.45) is 11.7 Å². The number of carbonyl (C=O) groups is 3. The largest absolute Gasteiger partial charge is 0.459 e. The van der Waals surface area contributed by atoms with Gasteiger partial charge in [0.1, 0.15) is 12.5 Å². The summed E-state index contributed by atoms with van der Waals surface area (Å²) in [7, 11) is 0. The van der Waals surface area contributed by atoms with E-state index in [4.69, 9.17) is 5.73 Å². The molecule has 10 heavy (non-hydrogen) atoms. The van der Waals surface area contributed by atoms with Gasteiger partial charge in [0.05, 0.1) is 0 Å². The molecule has 2 N–H and O–H groups in total. The van der Waals surface area contributed by atoms with Gasteiger partial charge in [0.15, 0.2) is 0 Å². The zero-order valence-corrected chi connectivity index (χ0v) is 4.99. The molecule has 1 aliphatic rings. The minimum Gasteiger partial charge on any atom is -0.459 e. The third kappa shape index (κ3) is 0.854. The van der Waals surface area contributed by atoms with Crippen molar-refractivity contribution < 1.29 is 19.1 Å². The molecule has 0 aromatic carbocycles. The first-order valence-corrected chi connectivity index (χ1v) is 2.63. The molecule has 5 heteroatoms. The van der Waals surface area contributed by atoms with Crippen LogP contribution in [0.1, 0.15) is 0 Å². The first kappa shape index (κ1) is 6.73. The van der Waals surface area contributed by atoms with Crippen molar-refractivity contribution in [3.63, 3.8) is 0 Å². The molecule has 1 saturated heterocycles. The van der Waals surface area contributed by atoms with E-state index in [9.17, 15) is 14.4 Å². The van der Waals surface area contributed by atoms with Gasteiger partial charge < -0.3 is 10.5 Å². The van der Waals surface area contributed by atoms with E-state index in [1.807, 2.05) is 0 Å². The van der Waals surface area contributed by atoms with Crippen molar-refractivity contribution in [2.75, 3.05) is 6.61 Å². The Bertz CT molecular complexity index is 210. The Balaban J connectivity index is 2.76. The monoisotopic (exact) mass is 143 g/mol. The summed E-state index contributed by atoms with van der Waals surface area (Å²) >= 11 is 0. The van der Waals surface area contributed by atoms with Crippen LogP contribution >= 0.6 is 0 Å². The molecule has 1 aliphatic heterocycles. The average molecular weight is 143 g/mol. The molecule has 54 valence electrons. The van der Waals surface area contributed by atoms with Crippen molar-refractivity contribution in [1.29, 1.82) is 0 Å². The maximum absolute atomic E-state index is 10.6. The van der Waals surface area contributed by atoms with Crippen LogP contribution in [0.4, 0.5) is 0 Å². The van der Waals surface area contributed by atoms with E-state index in [0.29, 0.717) is 0 Å². The normalized spacial score (nSPS) is 24.6. The van der Waals surface area contributed by atoms with Crippen LogP contribution in [0.15, 0.2) is 0 Å². The topological polar surface area (TPSA) is 86.5 Å². The summed E-state index contributed by atoms with van der Waals surface area (Å²) in [5.74, 6) is -3.68. The lowest BCUT2D eigenvalue weighted by Gasteiger charge is -1.93. The van der Waals surface area contributed by atoms with E-state index in [1.165, 1.54) is 0 Å². The number of ketones is 1. The van der Waals surface area contributed by atoms with Crippen LogP contribution in [0.5, 0.6) is 0 Å². The van der Waals surface area contributed by atoms with Crippen molar-refractivity contribution >= 4 is 17.7 Å². The number of esters is 1. The van der Waals surface area contributed by atoms with Gasteiger partial charge in [0.2, 0.25) is 5.91 Å². The molecule has 1 atom stereocenters. The molecule has 5 nitrogen and oxygen atoms in total. The summed E-state index contributed by atoms with van der Waals surface area (Å²) < 4.78 is 4.25. The van der Waals surface area contributed by atoms with Gasteiger partial charge in [-0.2, -0.15) is 0 Å². The second kappa shape index (κ2) is 2.09. The molecule has 1 rings (SSSR count). The Morgan fingerprint density at radius 1 is 1.60 bits per heavy atom. The molecule has 0 aliphatic carbocycles. The predicted octanol–water partition coefficient (Wildman–Crippen LogP) is -1.79. The third-order valence-electron chi connectivity index (χ3n) is 1.24. The minimum atomic E-state index is -1.06. The highest BCUT2D eigenvalue weighted by atomic mass is 16.5. The van der Waals surface area contributed by atoms with Gasteiger partial charge in [-0.05, 0) is 0 Å². The van der Waals surface area contributed by atoms with E-state index in [1.54, 1.807) is 0 Å². The van der Waals surface area contributed by atoms with Gasteiger partial charge in [0, 0.05) is 0 Å². The van der Waals surface area contributed by atoms with Crippen LogP contribution < -0.4 is 5.73 Å². The number of rotatable bonds is 1. The number of hydrogen-bond donors (Lipinski definition) is 1. The summed E-state index contributed by atoms with van der Waals surface area (Å²) in [4.78, 5) is 31.2. The number of hydrogen-bond acceptors (Lipinski definition) is 4. The van der Waals surface area contributed by atoms with E-state index >= 15 is 0 Å². The molecule has 0 aromatic heterocycles. The molecule has 1 fully saturated rings. The number of amides is 1. The van der Waals surface area contributed by atoms with Crippen LogP contribution in [0.3, 0.4) is 0 Å². The van der Waals surface area contributed by atoms with Crippen molar-refractivity contribution in [2.45, 2.75) is 0 Å². The Kier molecular flexibility index (Phi) is 1.41. The second-order valence-corrected chi connectivity index (χ2v) is 1.92. The van der Waals surface area contributed by atoms with Gasteiger partial charge in [-0.1, -0.05) is 0 Å². The summed E-state index contributed by atoms with van der Waals surface area (Å²) in [6.45, 7) is -0.201. The Labute approximate surface area is 56.1 Å². The lowest BCUT2D eigenvalue weighted by molar-refractivity contribution is -0.147. The van der Waals surface area contributed by atoms with Gasteiger partial charge in [-0.25, -0.2) is 4.79 Å². The second-order valence-electron chi connectivity index (χ2n) is 1.92. The number of carbonyl (C=O) groups excluding carboxylic acids is 3. The minimum absolute atomic E-state index is 0.201. The molecule has 1 amide bonds. The highest BCUT2D eigenvalue weighted by Gasteiger charge is 2.38. The van der Waals surface area contributed by atoms with Crippen LogP contribution in [-0.2, 0) is 19.1 Å². The first-order chi connectivity index (χ1) is 4.63. The zero-order valence-electron chi connectivity index (χ0n) is 4.99. The van der Waals surface area contributed by atoms with Crippen molar-refractivity contribution in [3.8, 4) is 0 Å². The maximum Gasteiger partial charge on any atom is 0.375 e. The standard InChI is InChI=1S/C5H5NO4/c6-4(8)2-1-10-5(9)3(2)7/h2H,1H2,(H2,6,8). The van der Waals surface area contributed by atoms with Gasteiger partial charge >= 0.3 is 5.97 Å². The van der Waals surface area contributed by atoms with Gasteiger partial charge in [-0.15, -0.1) is 0 Å². The molecule has 0 bridgehead atoms. The van der Waals surface area contributed by atoms with Crippen LogP contribution in [-0.4, -0.2) is 24.3 Å². The van der Waals surface area contributed by atoms with Crippen LogP contribution in [0.25, 0.3) is 0 Å². The highest BCUT2D eigenvalue weighted by Crippen LogP contribution is 2.08. The fourth-order valence-electron chi connectivity index (χ4n) is 0.659. The van der Waals surface area contributed by atoms with E-state index in [0.717, 1.165) is 0 Å². The Morgan fingerprint density at radius 2 is 2.20 bits per heavy atom. The zero-order chi connectivity index (χ0) is 7.72. The van der Waals surface area contributed by atoms with E-state index < -0.39 is 23.6 Å². The first-order valence-electron chi connectivity index (χ1n) is 2.63. The smallest absolute Gasteiger partial charge is 0.375 e. The molecule has 0 radical (unpaired) electrons. The molecule has 1 heterocycles. The van der Waals surface area contributed by atoms with E-state index in [-0.39, 0.29) is 6.61 Å². The summed E-state index contributed by atoms with van der Waals surface area (Å²) in [6.07, 6.45) is 0. The van der Waals surface area contributed by atoms with Gasteiger partial charge in [-0.3, -0.25) is 9.59 Å². The lowest BCUT2D eigenvalue weighted by atomic mass is 10.1. The maximum atomic E-state index is 10.6. The molecule has 0 aromatic rings. The number of nitrogens with two attached hydrogens (primary N) is 1. The number of ether oxygens (including phenoxy) is 1. The summed E-state index contributed by atoms with van der Waals surface area (Å²) in [6, 6.07) is 0. The van der Waals surface area contributed by atoms with Crippen molar-refractivity contribution in [3.05, 3.63) is 0 Å². The fraction of sp³-hybridized carbons (Fsp3) is 0.400. The Hall–Kier alpha value is -1.39. The predicted molar refractivity (Wildman–Crippen MR) is 28.7 cm³/mol. The highest BCUT2D eigenvalue weighted by molar-refractivity contribution is 6.39. The average Bonchev–Trinajstić information content (AvgIpc) is 2.14. The number of cyclic esters (lactones) is 1. The molecular weight excluding hydrogens is 138 g/mol. The van der Waals surface area contributed by atoms with E-state index in [2.05, 4.69) is 4.74 Å². The molecular formula is C5H5NO4. The number of primary amides is 1. The van der Waals surface area contributed by atoms with Gasteiger partial charge in [0.25, 0.3) is 5.78 Å². The molecule has 1 unspecified atom stereocenters. The SMILES string of the molecule is NC(=O)C1COC(=O)C1=O. The third-order valence-corrected chi connectivity index (χ3v) is 1.24. The fourth-order valence-corrected chi connectivity index (χ4v) is 0.659. The lowest BCUT2D eigenvalue weighted by Crippen LogP contribution is -2.29. The van der Waals surface area contributed by atoms with Crippen LogP contribution in [0.2, 0.25) is 0 Å². The molecule has 0 saturated carbocycles. The summed E-state index contributed by atoms with van der Waals surface area (Å²) in [5.41, 5.74) is 4.76. The quantitative estimate of drug-likeness (QED) is 0.267. The van der Waals surface area contributed by atoms with Crippen molar-refractivity contribution in [1.82, 2.24) is 0 Å². The van der Waals surface area contributed by atoms with Crippen LogP contribution in [0, 0.1) is 5.92 Å². The Morgan fingerprint density at radius 3 is 2.40 bits per heavy atom. The summed E-state index contributed by atoms with van der Waals surface area (Å²) in [5, 5.41) is 0. The molecule has 0 spiro atoms.